The van der Waals surface area contributed by atoms with E-state index in [-0.39, 0.29) is 0 Å². The fourth-order valence-electron chi connectivity index (χ4n) is 1.69. The normalized spacial score (nSPS) is 10.2. The van der Waals surface area contributed by atoms with E-state index in [0.717, 1.165) is 15.7 Å². The minimum atomic E-state index is 0.661. The maximum absolute atomic E-state index is 5.76. The molecule has 0 atom stereocenters. The highest BCUT2D eigenvalue weighted by atomic mass is 79.9. The van der Waals surface area contributed by atoms with Crippen molar-refractivity contribution in [3.8, 4) is 22.8 Å². The van der Waals surface area contributed by atoms with Crippen molar-refractivity contribution < 1.29 is 9.47 Å². The molecule has 0 aliphatic rings. The van der Waals surface area contributed by atoms with Crippen LogP contribution < -0.4 is 15.2 Å². The van der Waals surface area contributed by atoms with Gasteiger partial charge < -0.3 is 15.2 Å². The van der Waals surface area contributed by atoms with Gasteiger partial charge in [-0.2, -0.15) is 0 Å². The van der Waals surface area contributed by atoms with E-state index in [1.165, 1.54) is 0 Å². The van der Waals surface area contributed by atoms with Crippen molar-refractivity contribution in [1.82, 2.24) is 4.98 Å². The maximum Gasteiger partial charge on any atom is 0.146 e. The third-order valence-electron chi connectivity index (χ3n) is 2.55. The molecule has 1 aromatic carbocycles. The summed E-state index contributed by atoms with van der Waals surface area (Å²) in [5.74, 6) is 1.38. The van der Waals surface area contributed by atoms with Gasteiger partial charge in [0.25, 0.3) is 0 Å². The number of pyridine rings is 1. The fourth-order valence-corrected chi connectivity index (χ4v) is 2.36. The summed E-state index contributed by atoms with van der Waals surface area (Å²) in [5, 5.41) is 0. The van der Waals surface area contributed by atoms with Gasteiger partial charge >= 0.3 is 0 Å². The van der Waals surface area contributed by atoms with Crippen LogP contribution in [-0.2, 0) is 0 Å². The number of aromatic nitrogens is 1. The second kappa shape index (κ2) is 5.27. The lowest BCUT2D eigenvalue weighted by Crippen LogP contribution is -1.95. The first-order chi connectivity index (χ1) is 8.67. The number of hydrogen-bond acceptors (Lipinski definition) is 4. The van der Waals surface area contributed by atoms with E-state index in [0.29, 0.717) is 17.2 Å². The van der Waals surface area contributed by atoms with Crippen LogP contribution in [0.5, 0.6) is 11.5 Å². The molecule has 0 aliphatic heterocycles. The number of anilines is 1. The number of nitrogens with two attached hydrogens (primary N) is 1. The summed E-state index contributed by atoms with van der Waals surface area (Å²) < 4.78 is 11.4. The monoisotopic (exact) mass is 308 g/mol. The van der Waals surface area contributed by atoms with E-state index in [1.807, 2.05) is 12.1 Å². The van der Waals surface area contributed by atoms with Gasteiger partial charge in [-0.05, 0) is 40.2 Å². The number of rotatable bonds is 3. The van der Waals surface area contributed by atoms with E-state index >= 15 is 0 Å². The molecule has 0 radical (unpaired) electrons. The van der Waals surface area contributed by atoms with Crippen LogP contribution in [0.25, 0.3) is 11.3 Å². The molecule has 0 saturated heterocycles. The number of nitrogens with zero attached hydrogens (tertiary/aromatic N) is 1. The number of methoxy groups -OCH3 is 2. The van der Waals surface area contributed by atoms with Gasteiger partial charge in [0.2, 0.25) is 0 Å². The van der Waals surface area contributed by atoms with Crippen LogP contribution in [0.1, 0.15) is 0 Å². The lowest BCUT2D eigenvalue weighted by molar-refractivity contribution is 0.390. The average molecular weight is 309 g/mol. The Bertz CT molecular complexity index is 573. The molecule has 5 heteroatoms. The Labute approximate surface area is 114 Å². The van der Waals surface area contributed by atoms with Gasteiger partial charge in [0, 0.05) is 17.4 Å². The molecule has 2 aromatic rings. The lowest BCUT2D eigenvalue weighted by Gasteiger charge is -2.13. The molecule has 0 aliphatic carbocycles. The van der Waals surface area contributed by atoms with Crippen LogP contribution in [0, 0.1) is 0 Å². The van der Waals surface area contributed by atoms with E-state index < -0.39 is 0 Å². The maximum atomic E-state index is 5.76. The van der Waals surface area contributed by atoms with Gasteiger partial charge in [-0.3, -0.25) is 4.98 Å². The van der Waals surface area contributed by atoms with Crippen molar-refractivity contribution >= 4 is 21.6 Å². The molecular weight excluding hydrogens is 296 g/mol. The zero-order valence-corrected chi connectivity index (χ0v) is 11.7. The lowest BCUT2D eigenvalue weighted by atomic mass is 10.1. The van der Waals surface area contributed by atoms with Crippen molar-refractivity contribution in [1.29, 1.82) is 0 Å². The van der Waals surface area contributed by atoms with E-state index in [4.69, 9.17) is 15.2 Å². The van der Waals surface area contributed by atoms with Crippen molar-refractivity contribution in [3.05, 3.63) is 34.9 Å². The first-order valence-corrected chi connectivity index (χ1v) is 6.09. The van der Waals surface area contributed by atoms with Crippen molar-refractivity contribution in [2.75, 3.05) is 20.0 Å². The Morgan fingerprint density at radius 3 is 2.56 bits per heavy atom. The smallest absolute Gasteiger partial charge is 0.146 e. The van der Waals surface area contributed by atoms with Crippen LogP contribution in [0.4, 0.5) is 5.69 Å². The van der Waals surface area contributed by atoms with Gasteiger partial charge in [-0.15, -0.1) is 0 Å². The molecule has 1 heterocycles. The highest BCUT2D eigenvalue weighted by Gasteiger charge is 2.14. The quantitative estimate of drug-likeness (QED) is 0.946. The number of nitrogen functional groups attached to an aromatic ring is 1. The second-order valence-electron chi connectivity index (χ2n) is 3.64. The number of halogens is 1. The zero-order valence-electron chi connectivity index (χ0n) is 10.1. The van der Waals surface area contributed by atoms with Gasteiger partial charge in [-0.25, -0.2) is 0 Å². The Balaban J connectivity index is 2.61. The molecule has 0 spiro atoms. The highest BCUT2D eigenvalue weighted by molar-refractivity contribution is 9.10. The molecule has 94 valence electrons. The molecule has 0 fully saturated rings. The molecule has 4 nitrogen and oxygen atoms in total. The average Bonchev–Trinajstić information content (AvgIpc) is 2.38. The van der Waals surface area contributed by atoms with Crippen LogP contribution in [0.3, 0.4) is 0 Å². The van der Waals surface area contributed by atoms with Gasteiger partial charge in [0.1, 0.15) is 16.0 Å². The molecule has 0 amide bonds. The van der Waals surface area contributed by atoms with E-state index in [2.05, 4.69) is 20.9 Å². The summed E-state index contributed by atoms with van der Waals surface area (Å²) in [6.07, 6.45) is 1.67. The molecule has 18 heavy (non-hydrogen) atoms. The molecular formula is C13H13BrN2O2. The van der Waals surface area contributed by atoms with Crippen molar-refractivity contribution in [2.45, 2.75) is 0 Å². The third kappa shape index (κ3) is 2.26. The van der Waals surface area contributed by atoms with Gasteiger partial charge in [-0.1, -0.05) is 0 Å². The molecule has 0 saturated carbocycles. The SMILES string of the molecule is COc1ccc(-c2cc(N)ccn2)c(OC)c1Br. The molecule has 2 N–H and O–H groups in total. The summed E-state index contributed by atoms with van der Waals surface area (Å²) >= 11 is 3.46. The number of hydrogen-bond donors (Lipinski definition) is 1. The summed E-state index contributed by atoms with van der Waals surface area (Å²) in [4.78, 5) is 4.29. The fraction of sp³-hybridized carbons (Fsp3) is 0.154. The summed E-state index contributed by atoms with van der Waals surface area (Å²) in [6.45, 7) is 0. The van der Waals surface area contributed by atoms with E-state index in [1.54, 1.807) is 32.5 Å². The third-order valence-corrected chi connectivity index (χ3v) is 3.30. The van der Waals surface area contributed by atoms with Gasteiger partial charge in [0.05, 0.1) is 19.9 Å². The first-order valence-electron chi connectivity index (χ1n) is 5.29. The standard InChI is InChI=1S/C13H13BrN2O2/c1-17-11-4-3-9(13(18-2)12(11)14)10-7-8(15)5-6-16-10/h3-7H,1-2H3,(H2,15,16). The predicted octanol–water partition coefficient (Wildman–Crippen LogP) is 3.11. The minimum Gasteiger partial charge on any atom is -0.495 e. The summed E-state index contributed by atoms with van der Waals surface area (Å²) in [7, 11) is 3.22. The molecule has 0 bridgehead atoms. The van der Waals surface area contributed by atoms with Crippen LogP contribution >= 0.6 is 15.9 Å². The van der Waals surface area contributed by atoms with Crippen molar-refractivity contribution in [2.24, 2.45) is 0 Å². The Morgan fingerprint density at radius 2 is 1.94 bits per heavy atom. The molecule has 2 rings (SSSR count). The first kappa shape index (κ1) is 12.7. The minimum absolute atomic E-state index is 0.661. The second-order valence-corrected chi connectivity index (χ2v) is 4.43. The topological polar surface area (TPSA) is 57.4 Å². The summed E-state index contributed by atoms with van der Waals surface area (Å²) in [5.41, 5.74) is 8.04. The van der Waals surface area contributed by atoms with Crippen molar-refractivity contribution in [3.63, 3.8) is 0 Å². The van der Waals surface area contributed by atoms with E-state index in [9.17, 15) is 0 Å². The van der Waals surface area contributed by atoms with Crippen LogP contribution in [-0.4, -0.2) is 19.2 Å². The largest absolute Gasteiger partial charge is 0.495 e. The Hall–Kier alpha value is -1.75. The van der Waals surface area contributed by atoms with Crippen LogP contribution in [0.2, 0.25) is 0 Å². The number of benzene rings is 1. The molecule has 0 unspecified atom stereocenters. The Morgan fingerprint density at radius 1 is 1.17 bits per heavy atom. The predicted molar refractivity (Wildman–Crippen MR) is 74.9 cm³/mol. The molecule has 1 aromatic heterocycles. The van der Waals surface area contributed by atoms with Crippen LogP contribution in [0.15, 0.2) is 34.9 Å². The zero-order chi connectivity index (χ0) is 13.1. The summed E-state index contributed by atoms with van der Waals surface area (Å²) in [6, 6.07) is 7.29. The van der Waals surface area contributed by atoms with Gasteiger partial charge in [0.15, 0.2) is 0 Å². The number of ether oxygens (including phenoxy) is 2. The Kier molecular flexibility index (Phi) is 3.72. The highest BCUT2D eigenvalue weighted by Crippen LogP contribution is 2.41.